The Morgan fingerprint density at radius 3 is 2.30 bits per heavy atom. The normalized spacial score (nSPS) is 34.5. The zero-order valence-corrected chi connectivity index (χ0v) is 33.3. The van der Waals surface area contributed by atoms with Crippen LogP contribution in [0.15, 0.2) is 12.1 Å². The summed E-state index contributed by atoms with van der Waals surface area (Å²) in [5, 5.41) is 27.8. The fourth-order valence-electron chi connectivity index (χ4n) is 11.5. The van der Waals surface area contributed by atoms with Crippen LogP contribution in [0, 0.1) is 34.5 Å². The average Bonchev–Trinajstić information content (AvgIpc) is 3.86. The Balaban J connectivity index is 1.26. The summed E-state index contributed by atoms with van der Waals surface area (Å²) in [6.45, 7) is 17.8. The maximum Gasteiger partial charge on any atom is 0.413 e. The second-order valence-corrected chi connectivity index (χ2v) is 18.9. The van der Waals surface area contributed by atoms with Gasteiger partial charge in [0.2, 0.25) is 5.91 Å². The van der Waals surface area contributed by atoms with Gasteiger partial charge in [-0.15, -0.1) is 0 Å². The summed E-state index contributed by atoms with van der Waals surface area (Å²) in [6, 6.07) is 2.16. The molecule has 1 aromatic carbocycles. The summed E-state index contributed by atoms with van der Waals surface area (Å²) in [6.07, 6.45) is 6.94. The Bertz CT molecular complexity index is 1640. The van der Waals surface area contributed by atoms with Crippen LogP contribution in [-0.4, -0.2) is 88.7 Å². The molecule has 1 saturated heterocycles. The van der Waals surface area contributed by atoms with Gasteiger partial charge in [0.1, 0.15) is 23.8 Å². The van der Waals surface area contributed by atoms with Crippen molar-refractivity contribution in [2.75, 3.05) is 20.2 Å². The quantitative estimate of drug-likeness (QED) is 0.197. The van der Waals surface area contributed by atoms with Crippen molar-refractivity contribution >= 4 is 18.0 Å². The molecule has 2 spiro atoms. The molecule has 11 heteroatoms. The molecule has 7 aliphatic rings. The number of carboxylic acids is 1. The summed E-state index contributed by atoms with van der Waals surface area (Å²) < 4.78 is 20.1. The molecule has 0 aromatic heterocycles. The van der Waals surface area contributed by atoms with Gasteiger partial charge < -0.3 is 35.1 Å². The van der Waals surface area contributed by atoms with Crippen LogP contribution in [-0.2, 0) is 26.2 Å². The van der Waals surface area contributed by atoms with E-state index in [0.29, 0.717) is 30.4 Å². The van der Waals surface area contributed by atoms with E-state index in [2.05, 4.69) is 42.4 Å². The molecular weight excluding hydrogens is 674 g/mol. The molecule has 53 heavy (non-hydrogen) atoms. The highest BCUT2D eigenvalue weighted by atomic mass is 16.6. The van der Waals surface area contributed by atoms with Crippen LogP contribution < -0.4 is 20.1 Å². The number of amides is 2. The summed E-state index contributed by atoms with van der Waals surface area (Å²) >= 11 is 0. The molecule has 2 heterocycles. The smallest absolute Gasteiger partial charge is 0.413 e. The predicted molar refractivity (Wildman–Crippen MR) is 200 cm³/mol. The third-order valence-electron chi connectivity index (χ3n) is 15.6. The fourth-order valence-corrected chi connectivity index (χ4v) is 11.5. The van der Waals surface area contributed by atoms with Gasteiger partial charge in [0.25, 0.3) is 0 Å². The molecule has 4 bridgehead atoms. The monoisotopic (exact) mass is 737 g/mol. The van der Waals surface area contributed by atoms with Crippen molar-refractivity contribution in [1.29, 1.82) is 0 Å². The number of carboxylic acid groups (broad SMARTS) is 1. The molecule has 4 N–H and O–H groups in total. The molecule has 8 rings (SSSR count). The van der Waals surface area contributed by atoms with Crippen molar-refractivity contribution in [3.8, 4) is 11.5 Å². The van der Waals surface area contributed by atoms with Gasteiger partial charge in [0, 0.05) is 42.0 Å². The maximum atomic E-state index is 13.8. The van der Waals surface area contributed by atoms with Crippen LogP contribution in [0.5, 0.6) is 11.5 Å². The van der Waals surface area contributed by atoms with E-state index >= 15 is 0 Å². The number of hydrogen-bond donors (Lipinski definition) is 4. The van der Waals surface area contributed by atoms with E-state index in [1.165, 1.54) is 18.4 Å². The first-order valence-corrected chi connectivity index (χ1v) is 20.3. The number of hydrogen-bond acceptors (Lipinski definition) is 8. The molecule has 4 saturated carbocycles. The number of piperidine rings is 1. The van der Waals surface area contributed by atoms with Crippen LogP contribution in [0.3, 0.4) is 0 Å². The van der Waals surface area contributed by atoms with E-state index in [-0.39, 0.29) is 34.7 Å². The van der Waals surface area contributed by atoms with Crippen molar-refractivity contribution < 1.29 is 38.8 Å². The molecule has 5 aliphatic carbocycles. The maximum absolute atomic E-state index is 13.8. The first-order chi connectivity index (χ1) is 24.9. The zero-order chi connectivity index (χ0) is 38.5. The summed E-state index contributed by atoms with van der Waals surface area (Å²) in [4.78, 5) is 42.1. The lowest BCUT2D eigenvalue weighted by atomic mass is 9.33. The Morgan fingerprint density at radius 2 is 1.70 bits per heavy atom. The van der Waals surface area contributed by atoms with E-state index in [4.69, 9.17) is 14.2 Å². The second-order valence-electron chi connectivity index (χ2n) is 18.9. The first-order valence-electron chi connectivity index (χ1n) is 20.3. The van der Waals surface area contributed by atoms with Crippen molar-refractivity contribution in [3.63, 3.8) is 0 Å². The van der Waals surface area contributed by atoms with Gasteiger partial charge in [0.05, 0.1) is 5.60 Å². The Kier molecular flexibility index (Phi) is 9.50. The second kappa shape index (κ2) is 13.1. The highest BCUT2D eigenvalue weighted by molar-refractivity contribution is 5.90. The number of fused-ring (bicyclic) bond motifs is 2. The Hall–Kier alpha value is -2.89. The summed E-state index contributed by atoms with van der Waals surface area (Å²) in [5.74, 6) is -0.786. The van der Waals surface area contributed by atoms with Gasteiger partial charge in [-0.1, -0.05) is 67.4 Å². The number of methoxy groups -OCH3 is 1. The minimum absolute atomic E-state index is 0.153. The number of likely N-dealkylation sites (tertiary alicyclic amines) is 1. The van der Waals surface area contributed by atoms with Gasteiger partial charge in [-0.05, 0) is 93.2 Å². The molecular formula is C42H63N3O8. The van der Waals surface area contributed by atoms with Crippen LogP contribution in [0.2, 0.25) is 0 Å². The fraction of sp³-hybridized carbons (Fsp3) is 0.786. The van der Waals surface area contributed by atoms with Crippen molar-refractivity contribution in [3.05, 3.63) is 23.3 Å². The van der Waals surface area contributed by atoms with Gasteiger partial charge >= 0.3 is 12.1 Å². The molecule has 11 atom stereocenters. The van der Waals surface area contributed by atoms with Crippen LogP contribution in [0.4, 0.5) is 4.79 Å². The third kappa shape index (κ3) is 5.55. The SMILES string of the molecule is CCC(C)C(NC(=O)[C@@H](NC(=O)Oc1ccc2c3c1O[C@H]1[C@@]4(OC)CC[C@@]5(C[C@@H]4[C@](C)(O)C(C)(C)C)[C@@H](C2)N(CC2CC2)CC[C@]315)C(C)CC)C(=O)O. The number of carbonyl (C=O) groups excluding carboxylic acids is 2. The lowest BCUT2D eigenvalue weighted by Gasteiger charge is -2.75. The van der Waals surface area contributed by atoms with E-state index in [0.717, 1.165) is 56.7 Å². The molecule has 11 nitrogen and oxygen atoms in total. The molecule has 2 aliphatic heterocycles. The van der Waals surface area contributed by atoms with Crippen LogP contribution in [0.1, 0.15) is 118 Å². The molecule has 5 fully saturated rings. The van der Waals surface area contributed by atoms with Gasteiger partial charge in [-0.2, -0.15) is 0 Å². The van der Waals surface area contributed by atoms with Gasteiger partial charge in [0.15, 0.2) is 11.5 Å². The van der Waals surface area contributed by atoms with Crippen LogP contribution >= 0.6 is 0 Å². The van der Waals surface area contributed by atoms with E-state index < -0.39 is 46.7 Å². The number of benzene rings is 1. The number of nitrogens with one attached hydrogen (secondary N) is 2. The topological polar surface area (TPSA) is 147 Å². The number of ether oxygens (including phenoxy) is 3. The molecule has 0 radical (unpaired) electrons. The van der Waals surface area contributed by atoms with Gasteiger partial charge in [-0.3, -0.25) is 9.69 Å². The van der Waals surface area contributed by atoms with E-state index in [1.807, 2.05) is 33.8 Å². The largest absolute Gasteiger partial charge is 0.482 e. The van der Waals surface area contributed by atoms with E-state index in [1.54, 1.807) is 14.0 Å². The molecule has 1 aromatic rings. The van der Waals surface area contributed by atoms with E-state index in [9.17, 15) is 24.6 Å². The minimum atomic E-state index is -1.11. The number of nitrogens with zero attached hydrogens (tertiary/aromatic N) is 1. The van der Waals surface area contributed by atoms with Crippen molar-refractivity contribution in [2.45, 2.75) is 154 Å². The first kappa shape index (κ1) is 38.4. The lowest BCUT2D eigenvalue weighted by molar-refractivity contribution is -0.312. The zero-order valence-electron chi connectivity index (χ0n) is 33.3. The minimum Gasteiger partial charge on any atom is -0.482 e. The molecule has 2 amide bonds. The van der Waals surface area contributed by atoms with Crippen molar-refractivity contribution in [2.24, 2.45) is 34.5 Å². The number of carbonyl (C=O) groups is 3. The van der Waals surface area contributed by atoms with Gasteiger partial charge in [-0.25, -0.2) is 9.59 Å². The number of aliphatic carboxylic acids is 1. The summed E-state index contributed by atoms with van der Waals surface area (Å²) in [7, 11) is 1.78. The summed E-state index contributed by atoms with van der Waals surface area (Å²) in [5.41, 5.74) is -0.375. The van der Waals surface area contributed by atoms with Crippen molar-refractivity contribution in [1.82, 2.24) is 15.5 Å². The molecule has 294 valence electrons. The standard InChI is InChI=1S/C42H63N3O8/c1-10-23(3)31(34(46)43-32(35(47)48)24(4)11-2)44-37(49)52-27-15-14-26-20-29-40-16-17-42(51-9,28(21-40)39(8,50)38(5,6)7)36-41(40,30(26)33(27)53-36)18-19-45(29)22-25-12-13-25/h14-15,23-25,28-29,31-32,36,50H,10-13,16-22H2,1-9H3,(H,43,46)(H,44,49)(H,47,48)/t23?,24?,28-,29-,31+,32?,36-,39+,40-,41+,42-/m1/s1. The number of rotatable bonds is 13. The highest BCUT2D eigenvalue weighted by Crippen LogP contribution is 2.78. The lowest BCUT2D eigenvalue weighted by Crippen LogP contribution is -2.83. The Labute approximate surface area is 315 Å². The number of aliphatic hydroxyl groups is 1. The third-order valence-corrected chi connectivity index (χ3v) is 15.6. The van der Waals surface area contributed by atoms with Crippen LogP contribution in [0.25, 0.3) is 0 Å². The molecule has 3 unspecified atom stereocenters. The predicted octanol–water partition coefficient (Wildman–Crippen LogP) is 5.83. The highest BCUT2D eigenvalue weighted by Gasteiger charge is 2.82. The Morgan fingerprint density at radius 1 is 1.02 bits per heavy atom. The average molecular weight is 738 g/mol.